The number of amides is 1. The minimum absolute atomic E-state index is 0.0401. The van der Waals surface area contributed by atoms with Crippen molar-refractivity contribution in [3.05, 3.63) is 120 Å². The zero-order chi connectivity index (χ0) is 24.2. The topological polar surface area (TPSA) is 75.6 Å². The van der Waals surface area contributed by atoms with E-state index in [-0.39, 0.29) is 12.5 Å². The molecule has 174 valence electrons. The van der Waals surface area contributed by atoms with Crippen molar-refractivity contribution < 1.29 is 19.4 Å². The number of benzene rings is 4. The van der Waals surface area contributed by atoms with Gasteiger partial charge in [-0.1, -0.05) is 97.1 Å². The van der Waals surface area contributed by atoms with Crippen LogP contribution in [0, 0.1) is 0 Å². The number of rotatable bonds is 7. The van der Waals surface area contributed by atoms with Crippen LogP contribution >= 0.6 is 0 Å². The minimum Gasteiger partial charge on any atom is -0.478 e. The third kappa shape index (κ3) is 4.94. The normalized spacial score (nSPS) is 13.4. The molecule has 0 radical (unpaired) electrons. The Kier molecular flexibility index (Phi) is 6.31. The molecule has 1 aliphatic rings. The monoisotopic (exact) mass is 463 g/mol. The molecule has 0 fully saturated rings. The molecule has 0 aliphatic heterocycles. The van der Waals surface area contributed by atoms with Gasteiger partial charge in [-0.25, -0.2) is 9.59 Å². The lowest BCUT2D eigenvalue weighted by Crippen LogP contribution is -2.36. The first kappa shape index (κ1) is 22.4. The molecule has 0 saturated heterocycles. The lowest BCUT2D eigenvalue weighted by Gasteiger charge is -2.18. The molecule has 2 N–H and O–H groups in total. The average molecular weight is 464 g/mol. The van der Waals surface area contributed by atoms with Crippen LogP contribution in [-0.2, 0) is 16.0 Å². The maximum Gasteiger partial charge on any atom is 0.407 e. The van der Waals surface area contributed by atoms with E-state index in [4.69, 9.17) is 9.84 Å². The first-order valence-electron chi connectivity index (χ1n) is 11.6. The fourth-order valence-electron chi connectivity index (χ4n) is 4.78. The quantitative estimate of drug-likeness (QED) is 0.333. The average Bonchev–Trinajstić information content (AvgIpc) is 3.19. The Morgan fingerprint density at radius 1 is 0.857 bits per heavy atom. The summed E-state index contributed by atoms with van der Waals surface area (Å²) < 4.78 is 5.65. The Hall–Kier alpha value is -4.38. The first-order valence-corrected chi connectivity index (χ1v) is 11.6. The summed E-state index contributed by atoms with van der Waals surface area (Å²) in [6, 6.07) is 29.9. The van der Waals surface area contributed by atoms with Gasteiger partial charge in [0.2, 0.25) is 0 Å². The minimum atomic E-state index is -1.07. The van der Waals surface area contributed by atoms with Crippen molar-refractivity contribution in [1.29, 1.82) is 0 Å². The molecule has 4 aromatic rings. The first-order chi connectivity index (χ1) is 17.1. The van der Waals surface area contributed by atoms with E-state index >= 15 is 0 Å². The summed E-state index contributed by atoms with van der Waals surface area (Å²) in [6.07, 6.45) is 2.40. The van der Waals surface area contributed by atoms with Crippen molar-refractivity contribution in [3.8, 4) is 11.1 Å². The van der Waals surface area contributed by atoms with E-state index in [1.165, 1.54) is 6.08 Å². The number of fused-ring (bicyclic) bond motifs is 4. The van der Waals surface area contributed by atoms with Gasteiger partial charge in [-0.05, 0) is 45.0 Å². The molecule has 5 heteroatoms. The smallest absolute Gasteiger partial charge is 0.407 e. The molecule has 5 nitrogen and oxygen atoms in total. The van der Waals surface area contributed by atoms with Crippen molar-refractivity contribution in [1.82, 2.24) is 5.32 Å². The highest BCUT2D eigenvalue weighted by Crippen LogP contribution is 2.44. The number of aliphatic carboxylic acids is 1. The number of nitrogens with one attached hydrogen (secondary N) is 1. The van der Waals surface area contributed by atoms with Gasteiger partial charge in [0.25, 0.3) is 0 Å². The number of carboxylic acid groups (broad SMARTS) is 1. The van der Waals surface area contributed by atoms with E-state index in [0.29, 0.717) is 6.42 Å². The summed E-state index contributed by atoms with van der Waals surface area (Å²) in [6.45, 7) is 0.200. The number of carbonyl (C=O) groups excluding carboxylic acids is 1. The molecule has 35 heavy (non-hydrogen) atoms. The fourth-order valence-corrected chi connectivity index (χ4v) is 4.78. The number of carbonyl (C=O) groups is 2. The Labute approximate surface area is 203 Å². The van der Waals surface area contributed by atoms with E-state index in [1.807, 2.05) is 60.7 Å². The second-order valence-corrected chi connectivity index (χ2v) is 8.66. The molecular weight excluding hydrogens is 438 g/mol. The molecule has 1 amide bonds. The van der Waals surface area contributed by atoms with Gasteiger partial charge in [0.05, 0.1) is 6.04 Å². The summed E-state index contributed by atoms with van der Waals surface area (Å²) in [7, 11) is 0. The van der Waals surface area contributed by atoms with Crippen molar-refractivity contribution in [2.45, 2.75) is 18.4 Å². The van der Waals surface area contributed by atoms with Crippen LogP contribution in [0.4, 0.5) is 4.79 Å². The van der Waals surface area contributed by atoms with Gasteiger partial charge in [0, 0.05) is 12.0 Å². The summed E-state index contributed by atoms with van der Waals surface area (Å²) in [5, 5.41) is 14.1. The third-order valence-corrected chi connectivity index (χ3v) is 6.39. The van der Waals surface area contributed by atoms with E-state index in [0.717, 1.165) is 44.7 Å². The van der Waals surface area contributed by atoms with Gasteiger partial charge in [0.1, 0.15) is 6.61 Å². The predicted octanol–water partition coefficient (Wildman–Crippen LogP) is 5.93. The van der Waals surface area contributed by atoms with Crippen LogP contribution in [0.2, 0.25) is 0 Å². The highest BCUT2D eigenvalue weighted by atomic mass is 16.5. The summed E-state index contributed by atoms with van der Waals surface area (Å²) in [4.78, 5) is 23.9. The standard InChI is InChI=1S/C30H25NO4/c32-29(33)16-15-23(18-20-13-14-21-7-1-2-8-22(21)17-20)31-30(34)35-19-28-26-11-5-3-9-24(26)25-10-4-6-12-27(25)28/h1-17,23,28H,18-19H2,(H,31,34)(H,32,33)/b16-15+/t23-/m1/s1. The van der Waals surface area contributed by atoms with Gasteiger partial charge in [-0.15, -0.1) is 0 Å². The van der Waals surface area contributed by atoms with Crippen molar-refractivity contribution in [2.24, 2.45) is 0 Å². The number of alkyl carbamates (subject to hydrolysis) is 1. The summed E-state index contributed by atoms with van der Waals surface area (Å²) in [5.41, 5.74) is 5.59. The van der Waals surface area contributed by atoms with Crippen LogP contribution in [0.15, 0.2) is 103 Å². The number of hydrogen-bond acceptors (Lipinski definition) is 3. The molecule has 0 aromatic heterocycles. The largest absolute Gasteiger partial charge is 0.478 e. The second-order valence-electron chi connectivity index (χ2n) is 8.66. The molecule has 4 aromatic carbocycles. The molecule has 0 heterocycles. The van der Waals surface area contributed by atoms with Gasteiger partial charge >= 0.3 is 12.1 Å². The van der Waals surface area contributed by atoms with Crippen molar-refractivity contribution >= 4 is 22.8 Å². The fraction of sp³-hybridized carbons (Fsp3) is 0.133. The van der Waals surface area contributed by atoms with Crippen LogP contribution in [-0.4, -0.2) is 29.8 Å². The number of carboxylic acids is 1. The van der Waals surface area contributed by atoms with Crippen molar-refractivity contribution in [2.75, 3.05) is 6.61 Å². The highest BCUT2D eigenvalue weighted by molar-refractivity contribution is 5.83. The van der Waals surface area contributed by atoms with E-state index < -0.39 is 18.1 Å². The highest BCUT2D eigenvalue weighted by Gasteiger charge is 2.29. The van der Waals surface area contributed by atoms with Crippen LogP contribution in [0.1, 0.15) is 22.6 Å². The molecule has 0 unspecified atom stereocenters. The second kappa shape index (κ2) is 9.85. The predicted molar refractivity (Wildman–Crippen MR) is 136 cm³/mol. The number of ether oxygens (including phenoxy) is 1. The summed E-state index contributed by atoms with van der Waals surface area (Å²) in [5.74, 6) is -1.11. The Morgan fingerprint density at radius 3 is 2.17 bits per heavy atom. The number of hydrogen-bond donors (Lipinski definition) is 2. The third-order valence-electron chi connectivity index (χ3n) is 6.39. The lowest BCUT2D eigenvalue weighted by molar-refractivity contribution is -0.131. The SMILES string of the molecule is O=C(O)/C=C/[C@H](Cc1ccc2ccccc2c1)NC(=O)OCC1c2ccccc2-c2ccccc21. The van der Waals surface area contributed by atoms with Gasteiger partial charge in [0.15, 0.2) is 0 Å². The van der Waals surface area contributed by atoms with Crippen LogP contribution in [0.5, 0.6) is 0 Å². The van der Waals surface area contributed by atoms with E-state index in [2.05, 4.69) is 35.6 Å². The van der Waals surface area contributed by atoms with Crippen LogP contribution < -0.4 is 5.32 Å². The molecular formula is C30H25NO4. The molecule has 0 spiro atoms. The Morgan fingerprint density at radius 2 is 1.49 bits per heavy atom. The van der Waals surface area contributed by atoms with Crippen molar-refractivity contribution in [3.63, 3.8) is 0 Å². The lowest BCUT2D eigenvalue weighted by atomic mass is 9.98. The molecule has 1 atom stereocenters. The molecule has 1 aliphatic carbocycles. The molecule has 5 rings (SSSR count). The van der Waals surface area contributed by atoms with Gasteiger partial charge in [-0.2, -0.15) is 0 Å². The van der Waals surface area contributed by atoms with E-state index in [1.54, 1.807) is 0 Å². The van der Waals surface area contributed by atoms with Gasteiger partial charge < -0.3 is 15.2 Å². The van der Waals surface area contributed by atoms with Gasteiger partial charge in [-0.3, -0.25) is 0 Å². The van der Waals surface area contributed by atoms with E-state index in [9.17, 15) is 9.59 Å². The van der Waals surface area contributed by atoms with Crippen LogP contribution in [0.3, 0.4) is 0 Å². The zero-order valence-electron chi connectivity index (χ0n) is 19.1. The summed E-state index contributed by atoms with van der Waals surface area (Å²) >= 11 is 0. The zero-order valence-corrected chi connectivity index (χ0v) is 19.1. The molecule has 0 saturated carbocycles. The molecule has 0 bridgehead atoms. The Balaban J connectivity index is 1.29. The Bertz CT molecular complexity index is 1380. The maximum atomic E-state index is 12.8. The maximum absolute atomic E-state index is 12.8. The van der Waals surface area contributed by atoms with Crippen LogP contribution in [0.25, 0.3) is 21.9 Å².